The van der Waals surface area contributed by atoms with Gasteiger partial charge in [-0.25, -0.2) is 9.97 Å². The maximum Gasteiger partial charge on any atom is 0.180 e. The van der Waals surface area contributed by atoms with Gasteiger partial charge in [0, 0.05) is 32.0 Å². The van der Waals surface area contributed by atoms with Crippen molar-refractivity contribution in [1.29, 1.82) is 0 Å². The van der Waals surface area contributed by atoms with Crippen LogP contribution in [-0.2, 0) is 0 Å². The quantitative estimate of drug-likeness (QED) is 0.898. The Morgan fingerprint density at radius 2 is 2.33 bits per heavy atom. The van der Waals surface area contributed by atoms with Crippen LogP contribution >= 0.6 is 0 Å². The summed E-state index contributed by atoms with van der Waals surface area (Å²) < 4.78 is 2.01. The Labute approximate surface area is 124 Å². The lowest BCUT2D eigenvalue weighted by atomic mass is 9.97. The SMILES string of the molecule is CCCNc1cn2ccnc2c(N2CCC(O)C(C)C2)n1. The Morgan fingerprint density at radius 3 is 3.10 bits per heavy atom. The number of anilines is 2. The molecule has 2 aromatic rings. The minimum atomic E-state index is -0.210. The van der Waals surface area contributed by atoms with E-state index in [0.29, 0.717) is 0 Å². The molecule has 6 nitrogen and oxygen atoms in total. The monoisotopic (exact) mass is 289 g/mol. The molecule has 1 aliphatic rings. The molecule has 1 fully saturated rings. The summed E-state index contributed by atoms with van der Waals surface area (Å²) in [5.41, 5.74) is 0.876. The zero-order valence-electron chi connectivity index (χ0n) is 12.7. The van der Waals surface area contributed by atoms with Crippen LogP contribution in [0.25, 0.3) is 5.65 Å². The Balaban J connectivity index is 1.94. The number of imidazole rings is 1. The molecule has 1 aliphatic heterocycles. The molecule has 0 spiro atoms. The predicted octanol–water partition coefficient (Wildman–Crippen LogP) is 1.76. The van der Waals surface area contributed by atoms with Crippen molar-refractivity contribution >= 4 is 17.3 Å². The molecule has 2 atom stereocenters. The van der Waals surface area contributed by atoms with E-state index in [9.17, 15) is 5.11 Å². The standard InChI is InChI=1S/C15H23N5O/c1-3-5-16-13-10-20-8-6-17-14(20)15(18-13)19-7-4-12(21)11(2)9-19/h6,8,10-12,16,21H,3-5,7,9H2,1-2H3. The molecule has 0 aromatic carbocycles. The zero-order valence-corrected chi connectivity index (χ0v) is 12.7. The number of hydrogen-bond donors (Lipinski definition) is 2. The first-order valence-electron chi connectivity index (χ1n) is 7.69. The van der Waals surface area contributed by atoms with E-state index in [1.807, 2.05) is 16.8 Å². The van der Waals surface area contributed by atoms with Crippen LogP contribution < -0.4 is 10.2 Å². The van der Waals surface area contributed by atoms with Gasteiger partial charge in [-0.2, -0.15) is 0 Å². The molecule has 3 rings (SSSR count). The largest absolute Gasteiger partial charge is 0.393 e. The van der Waals surface area contributed by atoms with Gasteiger partial charge in [0.05, 0.1) is 12.3 Å². The normalized spacial score (nSPS) is 22.7. The maximum atomic E-state index is 9.91. The number of nitrogens with one attached hydrogen (secondary N) is 1. The van der Waals surface area contributed by atoms with E-state index in [1.54, 1.807) is 6.20 Å². The highest BCUT2D eigenvalue weighted by molar-refractivity contribution is 5.67. The summed E-state index contributed by atoms with van der Waals surface area (Å²) in [5.74, 6) is 2.03. The number of aliphatic hydroxyl groups excluding tert-OH is 1. The van der Waals surface area contributed by atoms with Crippen LogP contribution in [0.3, 0.4) is 0 Å². The molecule has 3 heterocycles. The predicted molar refractivity (Wildman–Crippen MR) is 83.8 cm³/mol. The van der Waals surface area contributed by atoms with E-state index in [1.165, 1.54) is 0 Å². The van der Waals surface area contributed by atoms with Crippen molar-refractivity contribution in [3.8, 4) is 0 Å². The second-order valence-electron chi connectivity index (χ2n) is 5.81. The Bertz CT molecular complexity index is 611. The molecule has 0 aliphatic carbocycles. The van der Waals surface area contributed by atoms with Crippen LogP contribution in [0.5, 0.6) is 0 Å². The Hall–Kier alpha value is -1.82. The highest BCUT2D eigenvalue weighted by Crippen LogP contribution is 2.26. The summed E-state index contributed by atoms with van der Waals surface area (Å²) in [6, 6.07) is 0. The number of aliphatic hydroxyl groups is 1. The van der Waals surface area contributed by atoms with E-state index < -0.39 is 0 Å². The number of nitrogens with zero attached hydrogens (tertiary/aromatic N) is 4. The van der Waals surface area contributed by atoms with E-state index in [2.05, 4.69) is 29.0 Å². The van der Waals surface area contributed by atoms with Crippen LogP contribution in [0.1, 0.15) is 26.7 Å². The van der Waals surface area contributed by atoms with Gasteiger partial charge in [0.25, 0.3) is 0 Å². The van der Waals surface area contributed by atoms with Gasteiger partial charge in [-0.15, -0.1) is 0 Å². The topological polar surface area (TPSA) is 65.7 Å². The lowest BCUT2D eigenvalue weighted by Crippen LogP contribution is -2.42. The van der Waals surface area contributed by atoms with Gasteiger partial charge in [0.2, 0.25) is 0 Å². The van der Waals surface area contributed by atoms with Crippen LogP contribution in [0, 0.1) is 5.92 Å². The summed E-state index contributed by atoms with van der Waals surface area (Å²) in [7, 11) is 0. The minimum Gasteiger partial charge on any atom is -0.393 e. The number of fused-ring (bicyclic) bond motifs is 1. The highest BCUT2D eigenvalue weighted by Gasteiger charge is 2.26. The van der Waals surface area contributed by atoms with Crippen molar-refractivity contribution in [1.82, 2.24) is 14.4 Å². The van der Waals surface area contributed by atoms with Crippen LogP contribution in [-0.4, -0.2) is 45.2 Å². The third-order valence-corrected chi connectivity index (χ3v) is 4.07. The molecule has 6 heteroatoms. The average Bonchev–Trinajstić information content (AvgIpc) is 2.95. The third kappa shape index (κ3) is 2.81. The molecular formula is C15H23N5O. The fourth-order valence-corrected chi connectivity index (χ4v) is 2.79. The molecule has 0 bridgehead atoms. The van der Waals surface area contributed by atoms with Crippen molar-refractivity contribution in [2.75, 3.05) is 29.9 Å². The summed E-state index contributed by atoms with van der Waals surface area (Å²) in [5, 5.41) is 13.2. The summed E-state index contributed by atoms with van der Waals surface area (Å²) in [4.78, 5) is 11.4. The average molecular weight is 289 g/mol. The molecule has 2 N–H and O–H groups in total. The molecule has 0 radical (unpaired) electrons. The van der Waals surface area contributed by atoms with E-state index in [4.69, 9.17) is 4.98 Å². The van der Waals surface area contributed by atoms with Crippen molar-refractivity contribution in [3.05, 3.63) is 18.6 Å². The zero-order chi connectivity index (χ0) is 14.8. The van der Waals surface area contributed by atoms with E-state index in [0.717, 1.165) is 49.8 Å². The Morgan fingerprint density at radius 1 is 1.48 bits per heavy atom. The van der Waals surface area contributed by atoms with Gasteiger partial charge in [-0.05, 0) is 18.8 Å². The molecule has 0 amide bonds. The van der Waals surface area contributed by atoms with Crippen molar-refractivity contribution < 1.29 is 5.11 Å². The van der Waals surface area contributed by atoms with Gasteiger partial charge in [-0.3, -0.25) is 0 Å². The van der Waals surface area contributed by atoms with Crippen molar-refractivity contribution in [2.24, 2.45) is 5.92 Å². The van der Waals surface area contributed by atoms with Crippen LogP contribution in [0.4, 0.5) is 11.6 Å². The molecule has 21 heavy (non-hydrogen) atoms. The van der Waals surface area contributed by atoms with Gasteiger partial charge in [0.15, 0.2) is 11.5 Å². The lowest BCUT2D eigenvalue weighted by Gasteiger charge is -2.35. The minimum absolute atomic E-state index is 0.210. The number of piperidine rings is 1. The second-order valence-corrected chi connectivity index (χ2v) is 5.81. The van der Waals surface area contributed by atoms with Gasteiger partial charge in [-0.1, -0.05) is 13.8 Å². The molecule has 2 aromatic heterocycles. The fourth-order valence-electron chi connectivity index (χ4n) is 2.79. The van der Waals surface area contributed by atoms with Crippen LogP contribution in [0.2, 0.25) is 0 Å². The summed E-state index contributed by atoms with van der Waals surface area (Å²) >= 11 is 0. The van der Waals surface area contributed by atoms with Crippen LogP contribution in [0.15, 0.2) is 18.6 Å². The fraction of sp³-hybridized carbons (Fsp3) is 0.600. The van der Waals surface area contributed by atoms with Gasteiger partial charge in [0.1, 0.15) is 5.82 Å². The first-order valence-corrected chi connectivity index (χ1v) is 7.69. The van der Waals surface area contributed by atoms with Crippen molar-refractivity contribution in [3.63, 3.8) is 0 Å². The summed E-state index contributed by atoms with van der Waals surface area (Å²) in [6.07, 6.45) is 7.35. The number of aromatic nitrogens is 3. The van der Waals surface area contributed by atoms with E-state index >= 15 is 0 Å². The molecule has 0 saturated carbocycles. The molecule has 114 valence electrons. The number of rotatable bonds is 4. The van der Waals surface area contributed by atoms with E-state index in [-0.39, 0.29) is 12.0 Å². The maximum absolute atomic E-state index is 9.91. The third-order valence-electron chi connectivity index (χ3n) is 4.07. The lowest BCUT2D eigenvalue weighted by molar-refractivity contribution is 0.0969. The Kier molecular flexibility index (Phi) is 3.96. The van der Waals surface area contributed by atoms with Gasteiger partial charge < -0.3 is 19.7 Å². The van der Waals surface area contributed by atoms with Gasteiger partial charge >= 0.3 is 0 Å². The molecule has 1 saturated heterocycles. The highest BCUT2D eigenvalue weighted by atomic mass is 16.3. The first-order chi connectivity index (χ1) is 10.2. The van der Waals surface area contributed by atoms with Crippen molar-refractivity contribution in [2.45, 2.75) is 32.8 Å². The summed E-state index contributed by atoms with van der Waals surface area (Å²) in [6.45, 7) is 6.75. The smallest absolute Gasteiger partial charge is 0.180 e. The first kappa shape index (κ1) is 14.1. The molecule has 2 unspecified atom stereocenters. The second kappa shape index (κ2) is 5.89. The number of hydrogen-bond acceptors (Lipinski definition) is 5. The molecular weight excluding hydrogens is 266 g/mol.